The molecule has 2 aromatic heterocycles. The number of anilines is 2. The molecule has 1 fully saturated rings. The standard InChI is InChI=1S/C21H24N4OS2/c1-14-15(2)28-21-19(14)20(22-13-23-21)27-12-18(26)24-16-8-4-5-9-17(16)25-10-6-3-7-11-25/h4-5,8-9,13H,3,6-7,10-12H2,1-2H3,(H,24,26). The molecule has 0 radical (unpaired) electrons. The summed E-state index contributed by atoms with van der Waals surface area (Å²) in [6, 6.07) is 8.09. The van der Waals surface area contributed by atoms with E-state index in [-0.39, 0.29) is 5.91 Å². The maximum Gasteiger partial charge on any atom is 0.234 e. The second-order valence-corrected chi connectivity index (χ2v) is 9.21. The van der Waals surface area contributed by atoms with E-state index >= 15 is 0 Å². The summed E-state index contributed by atoms with van der Waals surface area (Å²) in [6.45, 7) is 6.30. The minimum Gasteiger partial charge on any atom is -0.370 e. The van der Waals surface area contributed by atoms with Crippen molar-refractivity contribution in [3.8, 4) is 0 Å². The Bertz CT molecular complexity index is 995. The lowest BCUT2D eigenvalue weighted by atomic mass is 10.1. The first-order valence-electron chi connectivity index (χ1n) is 9.61. The van der Waals surface area contributed by atoms with Crippen LogP contribution in [-0.4, -0.2) is 34.7 Å². The number of benzene rings is 1. The molecule has 0 atom stereocenters. The maximum absolute atomic E-state index is 12.7. The van der Waals surface area contributed by atoms with Crippen molar-refractivity contribution in [2.45, 2.75) is 38.1 Å². The number of carbonyl (C=O) groups excluding carboxylic acids is 1. The number of hydrogen-bond acceptors (Lipinski definition) is 6. The molecule has 28 heavy (non-hydrogen) atoms. The number of fused-ring (bicyclic) bond motifs is 1. The predicted octanol–water partition coefficient (Wildman–Crippen LogP) is 5.03. The van der Waals surface area contributed by atoms with Gasteiger partial charge in [-0.25, -0.2) is 9.97 Å². The number of aromatic nitrogens is 2. The molecule has 0 aliphatic carbocycles. The van der Waals surface area contributed by atoms with Gasteiger partial charge in [0.1, 0.15) is 16.2 Å². The summed E-state index contributed by atoms with van der Waals surface area (Å²) in [4.78, 5) is 26.1. The van der Waals surface area contributed by atoms with Crippen molar-refractivity contribution in [1.82, 2.24) is 9.97 Å². The number of aryl methyl sites for hydroxylation is 2. The van der Waals surface area contributed by atoms with Gasteiger partial charge in [-0.3, -0.25) is 4.79 Å². The molecule has 3 aromatic rings. The second-order valence-electron chi connectivity index (χ2n) is 7.04. The number of nitrogens with zero attached hydrogens (tertiary/aromatic N) is 3. The highest BCUT2D eigenvalue weighted by atomic mass is 32.2. The van der Waals surface area contributed by atoms with Crippen molar-refractivity contribution in [2.24, 2.45) is 0 Å². The summed E-state index contributed by atoms with van der Waals surface area (Å²) in [6.07, 6.45) is 5.29. The zero-order chi connectivity index (χ0) is 19.5. The molecule has 4 rings (SSSR count). The van der Waals surface area contributed by atoms with Crippen LogP contribution in [0.2, 0.25) is 0 Å². The number of thioether (sulfide) groups is 1. The number of thiophene rings is 1. The van der Waals surface area contributed by atoms with Crippen molar-refractivity contribution in [2.75, 3.05) is 29.1 Å². The Kier molecular flexibility index (Phi) is 5.82. The van der Waals surface area contributed by atoms with Gasteiger partial charge >= 0.3 is 0 Å². The topological polar surface area (TPSA) is 58.1 Å². The van der Waals surface area contributed by atoms with Gasteiger partial charge in [0.2, 0.25) is 5.91 Å². The van der Waals surface area contributed by atoms with Crippen molar-refractivity contribution < 1.29 is 4.79 Å². The van der Waals surface area contributed by atoms with Gasteiger partial charge in [0.15, 0.2) is 0 Å². The summed E-state index contributed by atoms with van der Waals surface area (Å²) in [5.41, 5.74) is 3.22. The summed E-state index contributed by atoms with van der Waals surface area (Å²) in [5, 5.41) is 5.06. The van der Waals surface area contributed by atoms with Crippen LogP contribution >= 0.6 is 23.1 Å². The van der Waals surface area contributed by atoms with Gasteiger partial charge in [0.05, 0.1) is 17.1 Å². The van der Waals surface area contributed by atoms with E-state index in [1.54, 1.807) is 17.7 Å². The lowest BCUT2D eigenvalue weighted by Crippen LogP contribution is -2.30. The van der Waals surface area contributed by atoms with Gasteiger partial charge in [0.25, 0.3) is 0 Å². The molecule has 7 heteroatoms. The van der Waals surface area contributed by atoms with E-state index in [4.69, 9.17) is 0 Å². The number of para-hydroxylation sites is 2. The van der Waals surface area contributed by atoms with Crippen LogP contribution in [-0.2, 0) is 4.79 Å². The van der Waals surface area contributed by atoms with Crippen molar-refractivity contribution in [3.63, 3.8) is 0 Å². The zero-order valence-corrected chi connectivity index (χ0v) is 17.8. The molecule has 1 aromatic carbocycles. The van der Waals surface area contributed by atoms with Crippen LogP contribution in [0.4, 0.5) is 11.4 Å². The normalized spacial score (nSPS) is 14.4. The van der Waals surface area contributed by atoms with Gasteiger partial charge in [-0.15, -0.1) is 11.3 Å². The van der Waals surface area contributed by atoms with E-state index in [1.165, 1.54) is 41.5 Å². The number of carbonyl (C=O) groups is 1. The van der Waals surface area contributed by atoms with E-state index in [2.05, 4.69) is 40.1 Å². The van der Waals surface area contributed by atoms with Crippen LogP contribution in [0, 0.1) is 13.8 Å². The molecule has 1 saturated heterocycles. The summed E-state index contributed by atoms with van der Waals surface area (Å²) in [5.74, 6) is 0.320. The highest BCUT2D eigenvalue weighted by Gasteiger charge is 2.17. The minimum absolute atomic E-state index is 0.00849. The maximum atomic E-state index is 12.7. The molecule has 3 heterocycles. The molecule has 0 spiro atoms. The fourth-order valence-corrected chi connectivity index (χ4v) is 5.49. The van der Waals surface area contributed by atoms with Crippen LogP contribution < -0.4 is 10.2 Å². The number of nitrogens with one attached hydrogen (secondary N) is 1. The largest absolute Gasteiger partial charge is 0.370 e. The Morgan fingerprint density at radius 2 is 1.96 bits per heavy atom. The van der Waals surface area contributed by atoms with E-state index in [9.17, 15) is 4.79 Å². The predicted molar refractivity (Wildman–Crippen MR) is 119 cm³/mol. The van der Waals surface area contributed by atoms with Crippen LogP contribution in [0.1, 0.15) is 29.7 Å². The molecule has 1 aliphatic rings. The van der Waals surface area contributed by atoms with Crippen LogP contribution in [0.15, 0.2) is 35.6 Å². The molecule has 0 bridgehead atoms. The van der Waals surface area contributed by atoms with Gasteiger partial charge in [0, 0.05) is 23.4 Å². The third-order valence-electron chi connectivity index (χ3n) is 5.15. The third-order valence-corrected chi connectivity index (χ3v) is 7.25. The highest BCUT2D eigenvalue weighted by molar-refractivity contribution is 8.00. The Morgan fingerprint density at radius 1 is 1.18 bits per heavy atom. The van der Waals surface area contributed by atoms with Gasteiger partial charge in [-0.1, -0.05) is 23.9 Å². The van der Waals surface area contributed by atoms with E-state index < -0.39 is 0 Å². The summed E-state index contributed by atoms with van der Waals surface area (Å²) >= 11 is 3.15. The SMILES string of the molecule is Cc1sc2ncnc(SCC(=O)Nc3ccccc3N3CCCCC3)c2c1C. The molecule has 5 nitrogen and oxygen atoms in total. The fourth-order valence-electron chi connectivity index (χ4n) is 3.57. The number of piperidine rings is 1. The first-order valence-corrected chi connectivity index (χ1v) is 11.4. The van der Waals surface area contributed by atoms with Gasteiger partial charge in [-0.05, 0) is 50.8 Å². The second kappa shape index (κ2) is 8.49. The lowest BCUT2D eigenvalue weighted by molar-refractivity contribution is -0.113. The molecule has 0 unspecified atom stereocenters. The Balaban J connectivity index is 1.46. The minimum atomic E-state index is -0.00849. The number of rotatable bonds is 5. The summed E-state index contributed by atoms with van der Waals surface area (Å²) in [7, 11) is 0. The van der Waals surface area contributed by atoms with Crippen molar-refractivity contribution in [1.29, 1.82) is 0 Å². The number of hydrogen-bond donors (Lipinski definition) is 1. The van der Waals surface area contributed by atoms with Crippen LogP contribution in [0.5, 0.6) is 0 Å². The van der Waals surface area contributed by atoms with Crippen molar-refractivity contribution in [3.05, 3.63) is 41.0 Å². The van der Waals surface area contributed by atoms with Gasteiger partial charge < -0.3 is 10.2 Å². The Morgan fingerprint density at radius 3 is 2.79 bits per heavy atom. The monoisotopic (exact) mass is 412 g/mol. The van der Waals surface area contributed by atoms with E-state index in [0.717, 1.165) is 39.7 Å². The smallest absolute Gasteiger partial charge is 0.234 e. The van der Waals surface area contributed by atoms with E-state index in [1.807, 2.05) is 18.2 Å². The van der Waals surface area contributed by atoms with Crippen molar-refractivity contribution >= 4 is 50.6 Å². The molecular formula is C21H24N4OS2. The molecule has 0 saturated carbocycles. The first-order chi connectivity index (χ1) is 13.6. The van der Waals surface area contributed by atoms with Crippen LogP contribution in [0.25, 0.3) is 10.2 Å². The van der Waals surface area contributed by atoms with E-state index in [0.29, 0.717) is 5.75 Å². The Labute approximate surface area is 173 Å². The average Bonchev–Trinajstić information content (AvgIpc) is 3.02. The Hall–Kier alpha value is -2.12. The quantitative estimate of drug-likeness (QED) is 0.470. The fraction of sp³-hybridized carbons (Fsp3) is 0.381. The zero-order valence-electron chi connectivity index (χ0n) is 16.2. The first kappa shape index (κ1) is 19.2. The molecular weight excluding hydrogens is 388 g/mol. The number of amides is 1. The molecule has 1 N–H and O–H groups in total. The van der Waals surface area contributed by atoms with Gasteiger partial charge in [-0.2, -0.15) is 0 Å². The molecule has 1 amide bonds. The summed E-state index contributed by atoms with van der Waals surface area (Å²) < 4.78 is 0. The molecule has 1 aliphatic heterocycles. The highest BCUT2D eigenvalue weighted by Crippen LogP contribution is 2.34. The van der Waals surface area contributed by atoms with Crippen LogP contribution in [0.3, 0.4) is 0 Å². The molecule has 146 valence electrons. The third kappa shape index (κ3) is 4.00. The average molecular weight is 413 g/mol. The lowest BCUT2D eigenvalue weighted by Gasteiger charge is -2.30.